The van der Waals surface area contributed by atoms with Gasteiger partial charge in [-0.1, -0.05) is 95.1 Å². The highest BCUT2D eigenvalue weighted by atomic mass is 32.2. The largest absolute Gasteiger partial charge is 0.508 e. The minimum Gasteiger partial charge on any atom is -0.508 e. The number of carbonyl (C=O) groups is 19. The third-order valence-electron chi connectivity index (χ3n) is 23.1. The molecule has 3 aromatic rings. The van der Waals surface area contributed by atoms with Crippen molar-refractivity contribution in [1.82, 2.24) is 42.1 Å². The smallest absolute Gasteiger partial charge is 0.304 e. The highest BCUT2D eigenvalue weighted by Crippen LogP contribution is 2.27. The molecule has 8 amide bonds. The number of nitrogens with zero attached hydrogens (tertiary/aromatic N) is 1. The minimum absolute atomic E-state index is 0.0243. The lowest BCUT2D eigenvalue weighted by Gasteiger charge is -2.29. The Morgan fingerprint density at radius 2 is 0.939 bits per heavy atom. The number of aliphatic hydroxyl groups excluding tert-OH is 5. The van der Waals surface area contributed by atoms with Gasteiger partial charge in [0.25, 0.3) is 5.91 Å². The number of nitrogens with one attached hydrogen (secondary N) is 7. The number of ketones is 8. The number of aliphatic carboxylic acids is 3. The molecule has 1 aliphatic rings. The second-order valence-electron chi connectivity index (χ2n) is 34.7. The van der Waals surface area contributed by atoms with Crippen LogP contribution in [-0.2, 0) is 110 Å². The monoisotopic (exact) mass is 1870 g/mol. The number of thioether (sulfide) groups is 1. The Bertz CT molecular complexity index is 4380. The zero-order valence-electron chi connectivity index (χ0n) is 76.0. The molecular weight excluding hydrogens is 1740 g/mol. The van der Waals surface area contributed by atoms with Gasteiger partial charge in [-0.3, -0.25) is 91.1 Å². The lowest BCUT2D eigenvalue weighted by molar-refractivity contribution is -0.144. The fourth-order valence-corrected chi connectivity index (χ4v) is 16.0. The van der Waals surface area contributed by atoms with Crippen LogP contribution in [0.15, 0.2) is 78.9 Å². The minimum atomic E-state index is -1.99. The summed E-state index contributed by atoms with van der Waals surface area (Å²) in [7, 11) is 0. The maximum absolute atomic E-state index is 14.9. The third kappa shape index (κ3) is 41.4. The van der Waals surface area contributed by atoms with Gasteiger partial charge in [-0.05, 0) is 144 Å². The number of piperidine rings is 1. The zero-order valence-corrected chi connectivity index (χ0v) is 76.8. The van der Waals surface area contributed by atoms with Crippen LogP contribution in [0.25, 0.3) is 0 Å². The summed E-state index contributed by atoms with van der Waals surface area (Å²) in [6.45, 7) is 8.87. The number of benzene rings is 3. The number of aliphatic hydroxyl groups is 5. The number of hydrogen-bond donors (Lipinski definition) is 18. The Labute approximate surface area is 771 Å². The van der Waals surface area contributed by atoms with Crippen LogP contribution in [0, 0.1) is 53.3 Å². The van der Waals surface area contributed by atoms with E-state index >= 15 is 0 Å². The van der Waals surface area contributed by atoms with Gasteiger partial charge in [-0.25, -0.2) is 0 Å². The Kier molecular flexibility index (Phi) is 50.4. The van der Waals surface area contributed by atoms with Crippen molar-refractivity contribution in [3.63, 3.8) is 0 Å². The van der Waals surface area contributed by atoms with Crippen LogP contribution in [0.1, 0.15) is 194 Å². The molecule has 0 spiro atoms. The third-order valence-corrected chi connectivity index (χ3v) is 24.1. The molecule has 1 saturated heterocycles. The summed E-state index contributed by atoms with van der Waals surface area (Å²) in [6.07, 6.45) is -9.86. The Morgan fingerprint density at radius 1 is 0.462 bits per heavy atom. The van der Waals surface area contributed by atoms with E-state index in [-0.39, 0.29) is 91.4 Å². The lowest BCUT2D eigenvalue weighted by atomic mass is 9.85. The van der Waals surface area contributed by atoms with Crippen LogP contribution < -0.4 is 43.0 Å². The summed E-state index contributed by atoms with van der Waals surface area (Å²) in [5.41, 5.74) is 6.77. The van der Waals surface area contributed by atoms with Crippen molar-refractivity contribution in [1.29, 1.82) is 0 Å². The number of unbranched alkanes of at least 4 members (excludes halogenated alkanes) is 1. The molecule has 4 rings (SSSR count). The molecule has 0 radical (unpaired) electrons. The van der Waals surface area contributed by atoms with E-state index in [1.54, 1.807) is 65.0 Å². The topological polar surface area (TPSA) is 640 Å². The molecule has 1 fully saturated rings. The fourth-order valence-electron chi connectivity index (χ4n) is 15.2. The number of phenols is 2. The highest BCUT2D eigenvalue weighted by Gasteiger charge is 2.41. The Balaban J connectivity index is 1.52. The number of likely N-dealkylation sites (tertiary alicyclic amines) is 1. The van der Waals surface area contributed by atoms with Crippen LogP contribution >= 0.6 is 11.8 Å². The van der Waals surface area contributed by atoms with Crippen molar-refractivity contribution in [2.45, 2.75) is 251 Å². The predicted octanol–water partition coefficient (Wildman–Crippen LogP) is 2.05. The van der Waals surface area contributed by atoms with Gasteiger partial charge in [0, 0.05) is 88.8 Å². The molecule has 0 unspecified atom stereocenters. The van der Waals surface area contributed by atoms with Gasteiger partial charge in [-0.2, -0.15) is 0 Å². The van der Waals surface area contributed by atoms with Crippen molar-refractivity contribution in [3.8, 4) is 11.5 Å². The molecule has 19 N–H and O–H groups in total. The molecule has 0 bridgehead atoms. The van der Waals surface area contributed by atoms with E-state index in [0.29, 0.717) is 62.7 Å². The van der Waals surface area contributed by atoms with Gasteiger partial charge in [0.1, 0.15) is 35.2 Å². The normalized spacial score (nSPS) is 16.3. The molecule has 1 aliphatic heterocycles. The summed E-state index contributed by atoms with van der Waals surface area (Å²) < 4.78 is 0. The number of aromatic hydroxyl groups is 2. The molecule has 39 heteroatoms. The Morgan fingerprint density at radius 3 is 1.47 bits per heavy atom. The van der Waals surface area contributed by atoms with Gasteiger partial charge < -0.3 is 98.9 Å². The molecule has 0 aliphatic carbocycles. The predicted molar refractivity (Wildman–Crippen MR) is 480 cm³/mol. The number of carboxylic acids is 3. The van der Waals surface area contributed by atoms with E-state index < -0.39 is 292 Å². The first-order chi connectivity index (χ1) is 62.4. The van der Waals surface area contributed by atoms with Crippen molar-refractivity contribution in [2.24, 2.45) is 59.0 Å². The van der Waals surface area contributed by atoms with Gasteiger partial charge in [0.2, 0.25) is 41.4 Å². The fraction of sp³-hybridized carbons (Fsp3) is 0.602. The molecule has 730 valence electrons. The number of hydrogen-bond acceptors (Lipinski definition) is 28. The molecule has 38 nitrogen and oxygen atoms in total. The van der Waals surface area contributed by atoms with Crippen LogP contribution in [0.2, 0.25) is 0 Å². The second-order valence-corrected chi connectivity index (χ2v) is 35.7. The van der Waals surface area contributed by atoms with E-state index in [1.165, 1.54) is 53.4 Å². The maximum Gasteiger partial charge on any atom is 0.304 e. The SMILES string of the molecule is CC[C@H](C)[C@H](NC(=O)[C@H](CO)CC(=O)[C@H](Cc1ccc(O)cc1)NC(=O)[C@H](CC(=O)O)CC(=O)[C@H](CO)NC(=O)[C@@H](CC(=O)[C@H](Cc1ccccc1)NC(=O)[C@@H](CC(=O)CNC(=O)[C@H](CCC(=O)O)CC(=O)CSCC(=O)CCCN1CCC[C@@H](O)C1=O)[C@@H](C)O)[C@@H](C)O)C(=O)C[C@@H](Cc1ccc(O)cc1)C(=O)N[C@@H](CC(C)C)C(=O)C[C@@H](CC(=O)O)C(=O)N[C@H](C)CCCCN. The number of Topliss-reactive ketones (excluding diaryl/α,β-unsaturated/α-hetero) is 8. The standard InChI is InChI=1S/C93H133N9O29S/c1-8-53(4)85(81(117)41-61(35-58-21-26-65(107)27-22-58)88(126)97-72(34-52(2)3)77(113)39-62(43-83(120)121)87(125)96-54(5)16-12-13-31-94)101-90(128)64(48-103)42-78(114)73(37-59-23-28-66(108)29-24-59)98-89(127)63(44-84(122)123)40-79(115)75(49-104)100-92(130)71(56(7)106)46-80(116)74(36-57-17-10-9-11-18-57)99-91(129)70(55(6)105)45-68(110)47-95-86(124)60(25-30-82(118)119)38-69(111)51-132-50-67(109)19-14-32-102-33-15-20-76(112)93(102)131/h9-11,17-18,21-24,26-29,52-56,60-64,70-76,85,103-108,112H,8,12-16,19-20,25,30-51,94H2,1-7H3,(H,95,124)(H,96,125)(H,97,126)(H,98,127)(H,99,129)(H,100,130)(H,101,128)(H,118,119)(H,120,121)(H,122,123)/t53-,54+,55+,56+,60+,61+,62-,63-,64-,70-,71-,72-,73-,74-,75-,76+,85-/m0/s1. The number of nitrogens with two attached hydrogens (primary N) is 1. The Hall–Kier alpha value is -11.1. The summed E-state index contributed by atoms with van der Waals surface area (Å²) in [5.74, 6) is -30.4. The van der Waals surface area contributed by atoms with Crippen LogP contribution in [0.4, 0.5) is 0 Å². The first-order valence-electron chi connectivity index (χ1n) is 44.7. The van der Waals surface area contributed by atoms with Gasteiger partial charge in [-0.15, -0.1) is 11.8 Å². The van der Waals surface area contributed by atoms with Crippen molar-refractivity contribution < 1.29 is 142 Å². The molecule has 3 aromatic carbocycles. The number of carboxylic acid groups (broad SMARTS) is 3. The van der Waals surface area contributed by atoms with E-state index in [2.05, 4.69) is 37.2 Å². The molecule has 132 heavy (non-hydrogen) atoms. The number of carbonyl (C=O) groups excluding carboxylic acids is 16. The van der Waals surface area contributed by atoms with Gasteiger partial charge in [0.05, 0.1) is 110 Å². The molecule has 17 atom stereocenters. The summed E-state index contributed by atoms with van der Waals surface area (Å²) >= 11 is 0.970. The summed E-state index contributed by atoms with van der Waals surface area (Å²) in [4.78, 5) is 261. The number of rotatable bonds is 67. The average molecular weight is 1870 g/mol. The number of phenolic OH excluding ortho intramolecular Hbond substituents is 2. The second kappa shape index (κ2) is 58.7. The van der Waals surface area contributed by atoms with E-state index in [0.717, 1.165) is 25.6 Å². The number of amides is 8. The summed E-state index contributed by atoms with van der Waals surface area (Å²) in [6, 6.07) is 10.4. The summed E-state index contributed by atoms with van der Waals surface area (Å²) in [5, 5.41) is 121. The molecule has 1 heterocycles. The molecule has 0 aromatic heterocycles. The van der Waals surface area contributed by atoms with E-state index in [1.807, 2.05) is 0 Å². The maximum atomic E-state index is 14.9. The molecule has 0 saturated carbocycles. The van der Waals surface area contributed by atoms with Crippen LogP contribution in [0.3, 0.4) is 0 Å². The van der Waals surface area contributed by atoms with Crippen LogP contribution in [0.5, 0.6) is 11.5 Å². The first kappa shape index (κ1) is 113. The lowest BCUT2D eigenvalue weighted by Crippen LogP contribution is -2.52. The van der Waals surface area contributed by atoms with Crippen molar-refractivity contribution in [2.75, 3.05) is 50.9 Å². The van der Waals surface area contributed by atoms with Gasteiger partial charge in [0.15, 0.2) is 34.7 Å². The molecular formula is C93H133N9O29S. The van der Waals surface area contributed by atoms with E-state index in [4.69, 9.17) is 5.73 Å². The van der Waals surface area contributed by atoms with Crippen molar-refractivity contribution in [3.05, 3.63) is 95.6 Å². The van der Waals surface area contributed by atoms with Crippen molar-refractivity contribution >= 4 is 123 Å². The first-order valence-corrected chi connectivity index (χ1v) is 45.9. The average Bonchev–Trinajstić information content (AvgIpc) is 0.834. The highest BCUT2D eigenvalue weighted by molar-refractivity contribution is 8.00. The van der Waals surface area contributed by atoms with Gasteiger partial charge >= 0.3 is 17.9 Å². The van der Waals surface area contributed by atoms with E-state index in [9.17, 15) is 142 Å². The van der Waals surface area contributed by atoms with Crippen LogP contribution in [-0.4, -0.2) is 273 Å². The quantitative estimate of drug-likeness (QED) is 0.0360. The zero-order chi connectivity index (χ0) is 98.6.